The largest absolute Gasteiger partial charge is 0.376 e. The minimum Gasteiger partial charge on any atom is -0.376 e. The smallest absolute Gasteiger partial charge is 0.0575 e. The lowest BCUT2D eigenvalue weighted by atomic mass is 9.85. The number of rotatable bonds is 6. The maximum Gasteiger partial charge on any atom is 0.0575 e. The maximum atomic E-state index is 3.70. The minimum atomic E-state index is -0.156. The summed E-state index contributed by atoms with van der Waals surface area (Å²) in [5.41, 5.74) is 6.57. The fourth-order valence-corrected chi connectivity index (χ4v) is 3.56. The lowest BCUT2D eigenvalue weighted by Crippen LogP contribution is -2.29. The van der Waals surface area contributed by atoms with E-state index in [1.807, 2.05) is 0 Å². The molecule has 0 unspecified atom stereocenters. The zero-order valence-electron chi connectivity index (χ0n) is 15.7. The van der Waals surface area contributed by atoms with Gasteiger partial charge in [0.15, 0.2) is 0 Å². The summed E-state index contributed by atoms with van der Waals surface area (Å²) in [6.07, 6.45) is 5.58. The normalized spacial score (nSPS) is 14.4. The van der Waals surface area contributed by atoms with Crippen molar-refractivity contribution < 1.29 is 0 Å². The van der Waals surface area contributed by atoms with Crippen LogP contribution in [-0.4, -0.2) is 25.5 Å². The molecule has 0 aromatic heterocycles. The van der Waals surface area contributed by atoms with Gasteiger partial charge in [-0.15, -0.1) is 0 Å². The number of para-hydroxylation sites is 1. The standard InChI is InChI=1S/C23H28N2/c1-23(2,24-19-12-6-5-7-13-19)22-16-9-8-14-21(22)20-15-10-11-18(20)17-25(3)4/h5-14,16,24H,15,17H2,1-4H3. The second-order valence-corrected chi connectivity index (χ2v) is 7.51. The number of hydrogen-bond donors (Lipinski definition) is 1. The second-order valence-electron chi connectivity index (χ2n) is 7.51. The van der Waals surface area contributed by atoms with Crippen LogP contribution in [0.25, 0.3) is 5.57 Å². The van der Waals surface area contributed by atoms with Crippen molar-refractivity contribution in [1.29, 1.82) is 0 Å². The van der Waals surface area contributed by atoms with Crippen LogP contribution < -0.4 is 5.32 Å². The molecule has 1 aliphatic rings. The van der Waals surface area contributed by atoms with Gasteiger partial charge in [-0.3, -0.25) is 0 Å². The Kier molecular flexibility index (Phi) is 5.10. The van der Waals surface area contributed by atoms with Gasteiger partial charge in [-0.1, -0.05) is 54.6 Å². The molecule has 0 radical (unpaired) electrons. The number of likely N-dealkylation sites (N-methyl/N-ethyl adjacent to an activating group) is 1. The van der Waals surface area contributed by atoms with E-state index in [0.717, 1.165) is 18.7 Å². The number of hydrogen-bond acceptors (Lipinski definition) is 2. The molecular weight excluding hydrogens is 304 g/mol. The minimum absolute atomic E-state index is 0.156. The Hall–Kier alpha value is -2.32. The summed E-state index contributed by atoms with van der Waals surface area (Å²) < 4.78 is 0. The van der Waals surface area contributed by atoms with Crippen molar-refractivity contribution in [2.75, 3.05) is 26.0 Å². The number of benzene rings is 2. The molecule has 0 saturated carbocycles. The summed E-state index contributed by atoms with van der Waals surface area (Å²) in [6, 6.07) is 19.3. The molecule has 1 N–H and O–H groups in total. The zero-order chi connectivity index (χ0) is 17.9. The van der Waals surface area contributed by atoms with Crippen molar-refractivity contribution in [2.24, 2.45) is 0 Å². The molecular formula is C23H28N2. The predicted octanol–water partition coefficient (Wildman–Crippen LogP) is 5.31. The summed E-state index contributed by atoms with van der Waals surface area (Å²) in [6.45, 7) is 5.49. The van der Waals surface area contributed by atoms with Crippen LogP contribution in [0.5, 0.6) is 0 Å². The first-order chi connectivity index (χ1) is 12.0. The third kappa shape index (κ3) is 4.02. The van der Waals surface area contributed by atoms with Crippen LogP contribution in [0.2, 0.25) is 0 Å². The molecule has 0 heterocycles. The van der Waals surface area contributed by atoms with Crippen molar-refractivity contribution in [2.45, 2.75) is 25.8 Å². The van der Waals surface area contributed by atoms with E-state index < -0.39 is 0 Å². The highest BCUT2D eigenvalue weighted by Crippen LogP contribution is 2.36. The number of nitrogens with one attached hydrogen (secondary N) is 1. The summed E-state index contributed by atoms with van der Waals surface area (Å²) >= 11 is 0. The zero-order valence-corrected chi connectivity index (χ0v) is 15.7. The molecule has 3 rings (SSSR count). The van der Waals surface area contributed by atoms with Crippen molar-refractivity contribution in [3.05, 3.63) is 83.4 Å². The highest BCUT2D eigenvalue weighted by atomic mass is 15.0. The molecule has 2 aromatic rings. The Bertz CT molecular complexity index is 783. The molecule has 0 bridgehead atoms. The first-order valence-corrected chi connectivity index (χ1v) is 8.94. The fraction of sp³-hybridized carbons (Fsp3) is 0.304. The van der Waals surface area contributed by atoms with Crippen LogP contribution in [0, 0.1) is 0 Å². The van der Waals surface area contributed by atoms with Crippen LogP contribution in [0.1, 0.15) is 31.4 Å². The van der Waals surface area contributed by atoms with Gasteiger partial charge < -0.3 is 10.2 Å². The molecule has 25 heavy (non-hydrogen) atoms. The van der Waals surface area contributed by atoms with Gasteiger partial charge in [0.05, 0.1) is 5.54 Å². The van der Waals surface area contributed by atoms with Crippen molar-refractivity contribution in [1.82, 2.24) is 4.90 Å². The van der Waals surface area contributed by atoms with E-state index in [4.69, 9.17) is 0 Å². The fourth-order valence-electron chi connectivity index (χ4n) is 3.56. The van der Waals surface area contributed by atoms with E-state index in [9.17, 15) is 0 Å². The summed E-state index contributed by atoms with van der Waals surface area (Å²) in [7, 11) is 4.26. The lowest BCUT2D eigenvalue weighted by Gasteiger charge is -2.31. The molecule has 0 fully saturated rings. The second kappa shape index (κ2) is 7.28. The van der Waals surface area contributed by atoms with Crippen molar-refractivity contribution in [3.63, 3.8) is 0 Å². The van der Waals surface area contributed by atoms with E-state index in [-0.39, 0.29) is 5.54 Å². The van der Waals surface area contributed by atoms with Crippen LogP contribution in [0.3, 0.4) is 0 Å². The number of nitrogens with zero attached hydrogens (tertiary/aromatic N) is 1. The van der Waals surface area contributed by atoms with E-state index in [1.165, 1.54) is 22.3 Å². The van der Waals surface area contributed by atoms with Gasteiger partial charge in [-0.05, 0) is 68.8 Å². The van der Waals surface area contributed by atoms with Gasteiger partial charge in [0.25, 0.3) is 0 Å². The van der Waals surface area contributed by atoms with Crippen LogP contribution in [0.4, 0.5) is 5.69 Å². The average Bonchev–Trinajstić information content (AvgIpc) is 3.02. The number of allylic oxidation sites excluding steroid dienone is 2. The van der Waals surface area contributed by atoms with E-state index in [2.05, 4.69) is 105 Å². The van der Waals surface area contributed by atoms with Crippen LogP contribution >= 0.6 is 0 Å². The molecule has 0 spiro atoms. The van der Waals surface area contributed by atoms with Crippen LogP contribution in [-0.2, 0) is 5.54 Å². The molecule has 0 saturated heterocycles. The van der Waals surface area contributed by atoms with E-state index >= 15 is 0 Å². The lowest BCUT2D eigenvalue weighted by molar-refractivity contribution is 0.449. The van der Waals surface area contributed by atoms with Gasteiger partial charge >= 0.3 is 0 Å². The molecule has 0 amide bonds. The van der Waals surface area contributed by atoms with Crippen molar-refractivity contribution >= 4 is 11.3 Å². The molecule has 0 aliphatic heterocycles. The third-order valence-corrected chi connectivity index (χ3v) is 4.67. The summed E-state index contributed by atoms with van der Waals surface area (Å²) in [4.78, 5) is 2.24. The average molecular weight is 332 g/mol. The van der Waals surface area contributed by atoms with Gasteiger partial charge in [0, 0.05) is 12.2 Å². The third-order valence-electron chi connectivity index (χ3n) is 4.67. The topological polar surface area (TPSA) is 15.3 Å². The Labute approximate surface area is 151 Å². The van der Waals surface area contributed by atoms with Gasteiger partial charge in [-0.2, -0.15) is 0 Å². The summed E-state index contributed by atoms with van der Waals surface area (Å²) in [5, 5.41) is 3.70. The quantitative estimate of drug-likeness (QED) is 0.771. The summed E-state index contributed by atoms with van der Waals surface area (Å²) in [5.74, 6) is 0. The number of anilines is 1. The maximum absolute atomic E-state index is 3.70. The van der Waals surface area contributed by atoms with Gasteiger partial charge in [0.2, 0.25) is 0 Å². The molecule has 2 aromatic carbocycles. The molecule has 2 heteroatoms. The highest BCUT2D eigenvalue weighted by molar-refractivity contribution is 5.78. The highest BCUT2D eigenvalue weighted by Gasteiger charge is 2.25. The first kappa shape index (κ1) is 17.5. The Morgan fingerprint density at radius 3 is 2.36 bits per heavy atom. The molecule has 1 aliphatic carbocycles. The molecule has 0 atom stereocenters. The van der Waals surface area contributed by atoms with E-state index in [0.29, 0.717) is 0 Å². The Balaban J connectivity index is 1.98. The van der Waals surface area contributed by atoms with Gasteiger partial charge in [0.1, 0.15) is 0 Å². The van der Waals surface area contributed by atoms with Crippen molar-refractivity contribution in [3.8, 4) is 0 Å². The molecule has 130 valence electrons. The van der Waals surface area contributed by atoms with Gasteiger partial charge in [-0.25, -0.2) is 0 Å². The van der Waals surface area contributed by atoms with E-state index in [1.54, 1.807) is 0 Å². The van der Waals surface area contributed by atoms with Crippen LogP contribution in [0.15, 0.2) is 72.3 Å². The SMILES string of the molecule is CN(C)CC1=C(c2ccccc2C(C)(C)Nc2ccccc2)CC=C1. The Morgan fingerprint density at radius 1 is 0.960 bits per heavy atom. The Morgan fingerprint density at radius 2 is 1.64 bits per heavy atom. The monoisotopic (exact) mass is 332 g/mol. The predicted molar refractivity (Wildman–Crippen MR) is 109 cm³/mol. The first-order valence-electron chi connectivity index (χ1n) is 8.94. The molecule has 2 nitrogen and oxygen atoms in total.